The number of furan rings is 1. The molecule has 2 aromatic rings. The van der Waals surface area contributed by atoms with E-state index < -0.39 is 0 Å². The van der Waals surface area contributed by atoms with Crippen molar-refractivity contribution in [3.8, 4) is 5.75 Å². The summed E-state index contributed by atoms with van der Waals surface area (Å²) in [4.78, 5) is 0. The minimum Gasteiger partial charge on any atom is -0.497 e. The van der Waals surface area contributed by atoms with Crippen molar-refractivity contribution >= 4 is 0 Å². The Morgan fingerprint density at radius 1 is 1.14 bits per heavy atom. The van der Waals surface area contributed by atoms with Crippen molar-refractivity contribution in [1.29, 1.82) is 0 Å². The van der Waals surface area contributed by atoms with Gasteiger partial charge in [-0.15, -0.1) is 0 Å². The highest BCUT2D eigenvalue weighted by atomic mass is 16.5. The van der Waals surface area contributed by atoms with Crippen LogP contribution in [0.5, 0.6) is 5.75 Å². The van der Waals surface area contributed by atoms with E-state index in [2.05, 4.69) is 18.3 Å². The third kappa shape index (κ3) is 4.62. The molecule has 0 radical (unpaired) electrons. The van der Waals surface area contributed by atoms with Crippen LogP contribution in [-0.4, -0.2) is 13.7 Å². The molecule has 0 fully saturated rings. The zero-order chi connectivity index (χ0) is 15.1. The van der Waals surface area contributed by atoms with Crippen molar-refractivity contribution < 1.29 is 13.9 Å². The molecule has 0 unspecified atom stereocenters. The molecule has 0 spiro atoms. The minimum absolute atomic E-state index is 0.563. The zero-order valence-electron chi connectivity index (χ0n) is 12.9. The van der Waals surface area contributed by atoms with Crippen molar-refractivity contribution in [2.45, 2.75) is 33.6 Å². The normalized spacial score (nSPS) is 10.8. The summed E-state index contributed by atoms with van der Waals surface area (Å²) >= 11 is 0. The van der Waals surface area contributed by atoms with Crippen LogP contribution in [0.4, 0.5) is 0 Å². The van der Waals surface area contributed by atoms with E-state index in [9.17, 15) is 0 Å². The number of aryl methyl sites for hydroxylation is 1. The summed E-state index contributed by atoms with van der Waals surface area (Å²) < 4.78 is 16.6. The van der Waals surface area contributed by atoms with Crippen LogP contribution in [0.25, 0.3) is 0 Å². The van der Waals surface area contributed by atoms with Gasteiger partial charge in [0.1, 0.15) is 17.3 Å². The lowest BCUT2D eigenvalue weighted by molar-refractivity contribution is 0.106. The molecule has 21 heavy (non-hydrogen) atoms. The van der Waals surface area contributed by atoms with Crippen LogP contribution in [0.2, 0.25) is 0 Å². The van der Waals surface area contributed by atoms with E-state index >= 15 is 0 Å². The summed E-state index contributed by atoms with van der Waals surface area (Å²) in [6.07, 6.45) is 0. The fourth-order valence-electron chi connectivity index (χ4n) is 2.07. The topological polar surface area (TPSA) is 43.6 Å². The van der Waals surface area contributed by atoms with Gasteiger partial charge in [0.05, 0.1) is 26.9 Å². The SMILES string of the molecule is CCNCc1cc(COCc2ccc(OC)cc2)c(C)o1. The van der Waals surface area contributed by atoms with E-state index in [0.29, 0.717) is 13.2 Å². The second-order valence-electron chi connectivity index (χ2n) is 4.92. The van der Waals surface area contributed by atoms with Crippen molar-refractivity contribution in [3.05, 3.63) is 53.0 Å². The molecular weight excluding hydrogens is 266 g/mol. The number of hydrogen-bond donors (Lipinski definition) is 1. The molecule has 4 heteroatoms. The Balaban J connectivity index is 1.83. The molecule has 114 valence electrons. The molecule has 0 saturated carbocycles. The molecule has 0 saturated heterocycles. The van der Waals surface area contributed by atoms with Crippen LogP contribution < -0.4 is 10.1 Å². The first kappa shape index (κ1) is 15.6. The van der Waals surface area contributed by atoms with E-state index in [0.717, 1.165) is 41.5 Å². The Labute approximate surface area is 126 Å². The second kappa shape index (κ2) is 7.86. The predicted molar refractivity (Wildman–Crippen MR) is 82.3 cm³/mol. The van der Waals surface area contributed by atoms with Gasteiger partial charge in [-0.25, -0.2) is 0 Å². The Hall–Kier alpha value is -1.78. The minimum atomic E-state index is 0.563. The maximum atomic E-state index is 5.76. The van der Waals surface area contributed by atoms with Gasteiger partial charge in [0.25, 0.3) is 0 Å². The van der Waals surface area contributed by atoms with Gasteiger partial charge in [0, 0.05) is 5.56 Å². The zero-order valence-corrected chi connectivity index (χ0v) is 12.9. The van der Waals surface area contributed by atoms with Crippen LogP contribution in [0.3, 0.4) is 0 Å². The van der Waals surface area contributed by atoms with Crippen molar-refractivity contribution in [1.82, 2.24) is 5.32 Å². The summed E-state index contributed by atoms with van der Waals surface area (Å²) in [5, 5.41) is 3.25. The molecule has 1 heterocycles. The highest BCUT2D eigenvalue weighted by molar-refractivity contribution is 5.26. The van der Waals surface area contributed by atoms with Gasteiger partial charge in [0.2, 0.25) is 0 Å². The fraction of sp³-hybridized carbons (Fsp3) is 0.412. The van der Waals surface area contributed by atoms with Gasteiger partial charge in [0.15, 0.2) is 0 Å². The monoisotopic (exact) mass is 289 g/mol. The third-order valence-electron chi connectivity index (χ3n) is 3.31. The molecule has 0 amide bonds. The Kier molecular flexibility index (Phi) is 5.84. The molecule has 0 aliphatic rings. The molecule has 0 bridgehead atoms. The molecule has 1 aromatic heterocycles. The molecule has 1 N–H and O–H groups in total. The van der Waals surface area contributed by atoms with Crippen molar-refractivity contribution in [3.63, 3.8) is 0 Å². The maximum Gasteiger partial charge on any atom is 0.118 e. The molecule has 4 nitrogen and oxygen atoms in total. The summed E-state index contributed by atoms with van der Waals surface area (Å²) in [7, 11) is 1.66. The molecule has 0 atom stereocenters. The first-order chi connectivity index (χ1) is 10.2. The van der Waals surface area contributed by atoms with E-state index in [1.807, 2.05) is 31.2 Å². The van der Waals surface area contributed by atoms with E-state index in [-0.39, 0.29) is 0 Å². The summed E-state index contributed by atoms with van der Waals surface area (Å²) in [6.45, 7) is 6.89. The first-order valence-corrected chi connectivity index (χ1v) is 7.22. The first-order valence-electron chi connectivity index (χ1n) is 7.22. The second-order valence-corrected chi connectivity index (χ2v) is 4.92. The lowest BCUT2D eigenvalue weighted by Crippen LogP contribution is -2.10. The van der Waals surface area contributed by atoms with Gasteiger partial charge in [-0.1, -0.05) is 19.1 Å². The number of ether oxygens (including phenoxy) is 2. The summed E-state index contributed by atoms with van der Waals surface area (Å²) in [6, 6.07) is 9.97. The number of nitrogens with one attached hydrogen (secondary N) is 1. The number of benzene rings is 1. The molecular formula is C17H23NO3. The van der Waals surface area contributed by atoms with Crippen molar-refractivity contribution in [2.75, 3.05) is 13.7 Å². The average molecular weight is 289 g/mol. The fourth-order valence-corrected chi connectivity index (χ4v) is 2.07. The predicted octanol–water partition coefficient (Wildman–Crippen LogP) is 3.42. The molecule has 0 aliphatic carbocycles. The molecule has 2 rings (SSSR count). The Bertz CT molecular complexity index is 546. The van der Waals surface area contributed by atoms with Gasteiger partial charge in [-0.3, -0.25) is 0 Å². The maximum absolute atomic E-state index is 5.76. The Morgan fingerprint density at radius 2 is 1.90 bits per heavy atom. The smallest absolute Gasteiger partial charge is 0.118 e. The Morgan fingerprint density at radius 3 is 2.57 bits per heavy atom. The van der Waals surface area contributed by atoms with Crippen LogP contribution in [0.1, 0.15) is 29.6 Å². The van der Waals surface area contributed by atoms with Crippen LogP contribution in [0.15, 0.2) is 34.7 Å². The number of rotatable bonds is 8. The summed E-state index contributed by atoms with van der Waals surface area (Å²) in [5.41, 5.74) is 2.24. The van der Waals surface area contributed by atoms with Gasteiger partial charge < -0.3 is 19.2 Å². The number of methoxy groups -OCH3 is 1. The van der Waals surface area contributed by atoms with E-state index in [1.165, 1.54) is 0 Å². The summed E-state index contributed by atoms with van der Waals surface area (Å²) in [5.74, 6) is 2.74. The largest absolute Gasteiger partial charge is 0.497 e. The van der Waals surface area contributed by atoms with Gasteiger partial charge in [-0.2, -0.15) is 0 Å². The molecule has 1 aromatic carbocycles. The van der Waals surface area contributed by atoms with Gasteiger partial charge in [-0.05, 0) is 37.2 Å². The quantitative estimate of drug-likeness (QED) is 0.808. The number of hydrogen-bond acceptors (Lipinski definition) is 4. The third-order valence-corrected chi connectivity index (χ3v) is 3.31. The van der Waals surface area contributed by atoms with Gasteiger partial charge >= 0.3 is 0 Å². The highest BCUT2D eigenvalue weighted by Gasteiger charge is 2.07. The van der Waals surface area contributed by atoms with E-state index in [4.69, 9.17) is 13.9 Å². The van der Waals surface area contributed by atoms with Crippen LogP contribution >= 0.6 is 0 Å². The van der Waals surface area contributed by atoms with E-state index in [1.54, 1.807) is 7.11 Å². The lowest BCUT2D eigenvalue weighted by Gasteiger charge is -2.05. The standard InChI is InChI=1S/C17H23NO3/c1-4-18-10-17-9-15(13(2)21-17)12-20-11-14-5-7-16(19-3)8-6-14/h5-9,18H,4,10-12H2,1-3H3. The molecule has 0 aliphatic heterocycles. The highest BCUT2D eigenvalue weighted by Crippen LogP contribution is 2.17. The average Bonchev–Trinajstić information content (AvgIpc) is 2.86. The lowest BCUT2D eigenvalue weighted by atomic mass is 10.2. The van der Waals surface area contributed by atoms with Crippen LogP contribution in [0, 0.1) is 6.92 Å². The van der Waals surface area contributed by atoms with Crippen molar-refractivity contribution in [2.24, 2.45) is 0 Å². The van der Waals surface area contributed by atoms with Crippen LogP contribution in [-0.2, 0) is 24.5 Å².